The Morgan fingerprint density at radius 1 is 1.09 bits per heavy atom. The molecule has 0 aliphatic carbocycles. The van der Waals surface area contributed by atoms with Crippen LogP contribution in [0.1, 0.15) is 36.8 Å². The van der Waals surface area contributed by atoms with E-state index in [9.17, 15) is 22.0 Å². The number of hydrogen-bond donors (Lipinski definition) is 1. The van der Waals surface area contributed by atoms with E-state index in [-0.39, 0.29) is 29.0 Å². The highest BCUT2D eigenvalue weighted by Gasteiger charge is 2.48. The molecule has 0 N–H and O–H groups in total. The van der Waals surface area contributed by atoms with Crippen LogP contribution in [-0.2, 0) is 10.9 Å². The van der Waals surface area contributed by atoms with E-state index in [0.717, 1.165) is 36.8 Å². The fourth-order valence-corrected chi connectivity index (χ4v) is 4.98. The molecule has 1 fully saturated rings. The summed E-state index contributed by atoms with van der Waals surface area (Å²) in [6.07, 6.45) is 7.42. The van der Waals surface area contributed by atoms with Gasteiger partial charge in [-0.2, -0.15) is 24.9 Å². The van der Waals surface area contributed by atoms with Gasteiger partial charge in [0.15, 0.2) is 11.6 Å². The first-order chi connectivity index (χ1) is 16.1. The van der Waals surface area contributed by atoms with Gasteiger partial charge in [-0.25, -0.2) is 8.78 Å². The van der Waals surface area contributed by atoms with Crippen molar-refractivity contribution < 1.29 is 31.4 Å². The number of benzene rings is 2. The molecule has 3 atom stereocenters. The van der Waals surface area contributed by atoms with Crippen molar-refractivity contribution in [2.75, 3.05) is 25.2 Å². The van der Waals surface area contributed by atoms with E-state index in [4.69, 9.17) is 9.47 Å². The molecule has 4 rings (SSSR count). The number of rotatable bonds is 3. The van der Waals surface area contributed by atoms with Gasteiger partial charge < -0.3 is 9.47 Å². The number of ether oxygens (including phenoxy) is 2. The summed E-state index contributed by atoms with van der Waals surface area (Å²) in [5, 5.41) is 0. The average molecular weight is 519 g/mol. The number of fused-ring (bicyclic) bond motifs is 3. The summed E-state index contributed by atoms with van der Waals surface area (Å²) in [7, 11) is 0. The second-order valence-electron chi connectivity index (χ2n) is 8.03. The van der Waals surface area contributed by atoms with Crippen molar-refractivity contribution in [2.24, 2.45) is 5.92 Å². The minimum absolute atomic E-state index is 0.0231. The Labute approximate surface area is 207 Å². The fourth-order valence-electron chi connectivity index (χ4n) is 4.22. The third-order valence-electron chi connectivity index (χ3n) is 6.00. The van der Waals surface area contributed by atoms with Crippen molar-refractivity contribution in [3.63, 3.8) is 0 Å². The third-order valence-corrected chi connectivity index (χ3v) is 6.91. The number of alkyl halides is 3. The van der Waals surface area contributed by atoms with Crippen LogP contribution in [0.5, 0.6) is 5.75 Å². The number of terminal acetylenes is 1. The molecular weight excluding hydrogens is 491 g/mol. The first-order valence-corrected chi connectivity index (χ1v) is 12.3. The molecular formula is C25H27F5O2S2. The summed E-state index contributed by atoms with van der Waals surface area (Å²) in [5.74, 6) is 0.299. The second kappa shape index (κ2) is 12.2. The van der Waals surface area contributed by atoms with Gasteiger partial charge in [0, 0.05) is 28.9 Å². The van der Waals surface area contributed by atoms with Crippen molar-refractivity contribution in [3.8, 4) is 18.6 Å². The Hall–Kier alpha value is -1.89. The van der Waals surface area contributed by atoms with Crippen LogP contribution in [-0.4, -0.2) is 30.8 Å². The highest BCUT2D eigenvalue weighted by molar-refractivity contribution is 7.98. The number of thioether (sulfide) groups is 1. The van der Waals surface area contributed by atoms with Gasteiger partial charge in [0.1, 0.15) is 5.82 Å². The Morgan fingerprint density at radius 2 is 1.71 bits per heavy atom. The van der Waals surface area contributed by atoms with E-state index in [1.807, 2.05) is 0 Å². The lowest BCUT2D eigenvalue weighted by atomic mass is 9.70. The van der Waals surface area contributed by atoms with Crippen molar-refractivity contribution in [2.45, 2.75) is 42.4 Å². The molecule has 2 nitrogen and oxygen atoms in total. The predicted octanol–water partition coefficient (Wildman–Crippen LogP) is 7.23. The average Bonchev–Trinajstić information content (AvgIpc) is 2.81. The van der Waals surface area contributed by atoms with E-state index in [2.05, 4.69) is 38.7 Å². The lowest BCUT2D eigenvalue weighted by molar-refractivity contribution is -0.137. The third kappa shape index (κ3) is 6.61. The topological polar surface area (TPSA) is 18.5 Å². The van der Waals surface area contributed by atoms with E-state index in [1.54, 1.807) is 11.8 Å². The number of halogens is 5. The second-order valence-corrected chi connectivity index (χ2v) is 9.54. The molecule has 0 radical (unpaired) electrons. The molecule has 2 unspecified atom stereocenters. The van der Waals surface area contributed by atoms with Crippen molar-refractivity contribution in [3.05, 3.63) is 59.2 Å². The standard InChI is InChI=1S/C16H20F2O2S.C7H5F3S.C2H2/c1-16(6-8-21-2)11-9-19-15-13(18)4-3-12(17)14(15)10(11)5-7-20-16;8-7(9,10)5-1-3-6(11)4-2-5;1-2/h3-4,10-11H,5-9H2,1-2H3;1-4,11H;1-2H/t10?,11?,16-;;/m0../s1. The molecule has 34 heavy (non-hydrogen) atoms. The molecule has 2 aromatic rings. The number of hydrogen-bond acceptors (Lipinski definition) is 4. The monoisotopic (exact) mass is 518 g/mol. The smallest absolute Gasteiger partial charge is 0.416 e. The van der Waals surface area contributed by atoms with Crippen LogP contribution in [0.25, 0.3) is 0 Å². The quantitative estimate of drug-likeness (QED) is 0.263. The molecule has 0 saturated carbocycles. The molecule has 2 aliphatic rings. The molecule has 2 heterocycles. The molecule has 2 aliphatic heterocycles. The van der Waals surface area contributed by atoms with Gasteiger partial charge in [0.25, 0.3) is 0 Å². The Morgan fingerprint density at radius 3 is 2.29 bits per heavy atom. The largest absolute Gasteiger partial charge is 0.490 e. The molecule has 9 heteroatoms. The Kier molecular flexibility index (Phi) is 10.2. The van der Waals surface area contributed by atoms with Gasteiger partial charge in [0.05, 0.1) is 17.8 Å². The highest BCUT2D eigenvalue weighted by atomic mass is 32.2. The molecule has 2 aromatic carbocycles. The molecule has 0 aromatic heterocycles. The lowest BCUT2D eigenvalue weighted by Crippen LogP contribution is -2.50. The first-order valence-electron chi connectivity index (χ1n) is 10.5. The predicted molar refractivity (Wildman–Crippen MR) is 129 cm³/mol. The highest BCUT2D eigenvalue weighted by Crippen LogP contribution is 2.50. The van der Waals surface area contributed by atoms with Crippen LogP contribution >= 0.6 is 24.4 Å². The summed E-state index contributed by atoms with van der Waals surface area (Å²) < 4.78 is 75.4. The van der Waals surface area contributed by atoms with Crippen LogP contribution in [0.15, 0.2) is 41.3 Å². The fraction of sp³-hybridized carbons (Fsp3) is 0.440. The van der Waals surface area contributed by atoms with Crippen molar-refractivity contribution >= 4 is 24.4 Å². The zero-order valence-corrected chi connectivity index (χ0v) is 20.6. The van der Waals surface area contributed by atoms with Crippen LogP contribution < -0.4 is 4.74 Å². The molecule has 0 bridgehead atoms. The maximum Gasteiger partial charge on any atom is 0.416 e. The van der Waals surface area contributed by atoms with Crippen LogP contribution in [0.3, 0.4) is 0 Å². The molecule has 1 saturated heterocycles. The maximum atomic E-state index is 14.2. The van der Waals surface area contributed by atoms with Crippen molar-refractivity contribution in [1.29, 1.82) is 0 Å². The minimum Gasteiger partial charge on any atom is -0.490 e. The zero-order chi connectivity index (χ0) is 25.5. The van der Waals surface area contributed by atoms with Gasteiger partial charge in [-0.1, -0.05) is 0 Å². The van der Waals surface area contributed by atoms with Gasteiger partial charge in [-0.05, 0) is 68.2 Å². The molecule has 0 spiro atoms. The minimum atomic E-state index is -4.25. The van der Waals surface area contributed by atoms with Gasteiger partial charge >= 0.3 is 6.18 Å². The summed E-state index contributed by atoms with van der Waals surface area (Å²) in [6, 6.07) is 6.97. The van der Waals surface area contributed by atoms with Crippen LogP contribution in [0.4, 0.5) is 22.0 Å². The lowest BCUT2D eigenvalue weighted by Gasteiger charge is -2.48. The SMILES string of the molecule is C#C.CSCC[C@]1(C)OCCC2c3c(F)ccc(F)c3OCC21.FC(F)(F)c1ccc(S)cc1. The summed E-state index contributed by atoms with van der Waals surface area (Å²) in [4.78, 5) is 0.526. The summed E-state index contributed by atoms with van der Waals surface area (Å²) in [6.45, 7) is 3.05. The van der Waals surface area contributed by atoms with E-state index in [0.29, 0.717) is 23.7 Å². The van der Waals surface area contributed by atoms with Crippen LogP contribution in [0, 0.1) is 30.4 Å². The van der Waals surface area contributed by atoms with Gasteiger partial charge in [-0.3, -0.25) is 0 Å². The van der Waals surface area contributed by atoms with E-state index in [1.165, 1.54) is 18.2 Å². The first kappa shape index (κ1) is 28.3. The molecule has 186 valence electrons. The van der Waals surface area contributed by atoms with Gasteiger partial charge in [0.2, 0.25) is 0 Å². The maximum absolute atomic E-state index is 14.2. The summed E-state index contributed by atoms with van der Waals surface area (Å²) in [5.41, 5.74) is -0.567. The molecule has 0 amide bonds. The summed E-state index contributed by atoms with van der Waals surface area (Å²) >= 11 is 5.63. The van der Waals surface area contributed by atoms with Crippen molar-refractivity contribution in [1.82, 2.24) is 0 Å². The normalized spacial score (nSPS) is 23.1. The Bertz CT molecular complexity index is 962. The van der Waals surface area contributed by atoms with Crippen LogP contribution in [0.2, 0.25) is 0 Å². The number of thiol groups is 1. The van der Waals surface area contributed by atoms with E-state index < -0.39 is 17.6 Å². The van der Waals surface area contributed by atoms with Gasteiger partial charge in [-0.15, -0.1) is 25.5 Å². The zero-order valence-electron chi connectivity index (χ0n) is 18.9. The van der Waals surface area contributed by atoms with E-state index >= 15 is 0 Å². The Balaban J connectivity index is 0.000000266.